The second-order valence-electron chi connectivity index (χ2n) is 4.04. The molecule has 0 spiro atoms. The van der Waals surface area contributed by atoms with Crippen molar-refractivity contribution < 1.29 is 18.0 Å². The molecule has 1 aliphatic carbocycles. The van der Waals surface area contributed by atoms with Gasteiger partial charge in [-0.25, -0.2) is 0 Å². The molecule has 0 atom stereocenters. The zero-order chi connectivity index (χ0) is 12.2. The fourth-order valence-corrected chi connectivity index (χ4v) is 1.38. The van der Waals surface area contributed by atoms with Crippen LogP contribution in [0, 0.1) is 18.3 Å². The average molecular weight is 233 g/mol. The van der Waals surface area contributed by atoms with Crippen LogP contribution in [-0.2, 0) is 4.79 Å². The maximum absolute atomic E-state index is 11.9. The lowest BCUT2D eigenvalue weighted by Gasteiger charge is -2.20. The number of amides is 1. The minimum absolute atomic E-state index is 0.104. The van der Waals surface area contributed by atoms with E-state index >= 15 is 0 Å². The summed E-state index contributed by atoms with van der Waals surface area (Å²) in [5.41, 5.74) is 0. The number of nitrogens with zero attached hydrogens (tertiary/aromatic N) is 1. The highest BCUT2D eigenvalue weighted by molar-refractivity contribution is 5.76. The Morgan fingerprint density at radius 2 is 2.06 bits per heavy atom. The molecular formula is C11H14F3NO. The summed E-state index contributed by atoms with van der Waals surface area (Å²) in [6, 6.07) is 0. The summed E-state index contributed by atoms with van der Waals surface area (Å²) in [5, 5.41) is 0. The zero-order valence-corrected chi connectivity index (χ0v) is 8.89. The molecule has 0 aromatic heterocycles. The van der Waals surface area contributed by atoms with Crippen molar-refractivity contribution in [3.8, 4) is 12.3 Å². The highest BCUT2D eigenvalue weighted by Gasteiger charge is 2.31. The number of hydrogen-bond donors (Lipinski definition) is 0. The first-order valence-corrected chi connectivity index (χ1v) is 5.20. The fraction of sp³-hybridized carbons (Fsp3) is 0.727. The van der Waals surface area contributed by atoms with Gasteiger partial charge in [0.1, 0.15) is 0 Å². The van der Waals surface area contributed by atoms with E-state index in [1.54, 1.807) is 0 Å². The summed E-state index contributed by atoms with van der Waals surface area (Å²) in [6.07, 6.45) is 1.30. The SMILES string of the molecule is C#CCN(CC1CC1)C(=O)CCC(F)(F)F. The molecule has 0 aromatic rings. The van der Waals surface area contributed by atoms with Crippen molar-refractivity contribution in [2.45, 2.75) is 31.9 Å². The maximum Gasteiger partial charge on any atom is 0.389 e. The monoisotopic (exact) mass is 233 g/mol. The number of alkyl halides is 3. The summed E-state index contributed by atoms with van der Waals surface area (Å²) in [5.74, 6) is 2.24. The molecule has 1 amide bonds. The van der Waals surface area contributed by atoms with Crippen molar-refractivity contribution in [3.63, 3.8) is 0 Å². The third kappa shape index (κ3) is 5.06. The number of rotatable bonds is 5. The van der Waals surface area contributed by atoms with Crippen molar-refractivity contribution in [1.29, 1.82) is 0 Å². The first kappa shape index (κ1) is 12.9. The predicted molar refractivity (Wildman–Crippen MR) is 53.4 cm³/mol. The Balaban J connectivity index is 2.37. The third-order valence-corrected chi connectivity index (χ3v) is 2.43. The van der Waals surface area contributed by atoms with Gasteiger partial charge in [0.15, 0.2) is 0 Å². The lowest BCUT2D eigenvalue weighted by molar-refractivity contribution is -0.148. The van der Waals surface area contributed by atoms with Crippen molar-refractivity contribution >= 4 is 5.91 Å². The first-order valence-electron chi connectivity index (χ1n) is 5.20. The van der Waals surface area contributed by atoms with Gasteiger partial charge < -0.3 is 4.90 Å². The van der Waals surface area contributed by atoms with Crippen LogP contribution < -0.4 is 0 Å². The highest BCUT2D eigenvalue weighted by Crippen LogP contribution is 2.30. The minimum Gasteiger partial charge on any atom is -0.331 e. The van der Waals surface area contributed by atoms with Crippen molar-refractivity contribution in [2.75, 3.05) is 13.1 Å². The molecule has 16 heavy (non-hydrogen) atoms. The smallest absolute Gasteiger partial charge is 0.331 e. The Hall–Kier alpha value is -1.18. The van der Waals surface area contributed by atoms with E-state index in [-0.39, 0.29) is 6.54 Å². The van der Waals surface area contributed by atoms with Gasteiger partial charge in [-0.3, -0.25) is 4.79 Å². The van der Waals surface area contributed by atoms with E-state index in [1.807, 2.05) is 0 Å². The topological polar surface area (TPSA) is 20.3 Å². The molecule has 0 aliphatic heterocycles. The number of carbonyl (C=O) groups is 1. The van der Waals surface area contributed by atoms with Crippen LogP contribution in [0.5, 0.6) is 0 Å². The van der Waals surface area contributed by atoms with Gasteiger partial charge in [0.25, 0.3) is 0 Å². The van der Waals surface area contributed by atoms with E-state index < -0.39 is 24.9 Å². The second kappa shape index (κ2) is 5.24. The van der Waals surface area contributed by atoms with Crippen molar-refractivity contribution in [1.82, 2.24) is 4.90 Å². The van der Waals surface area contributed by atoms with Crippen LogP contribution in [0.15, 0.2) is 0 Å². The highest BCUT2D eigenvalue weighted by atomic mass is 19.4. The second-order valence-corrected chi connectivity index (χ2v) is 4.04. The fourth-order valence-electron chi connectivity index (χ4n) is 1.38. The van der Waals surface area contributed by atoms with Crippen LogP contribution in [0.1, 0.15) is 25.7 Å². The Labute approximate surface area is 92.8 Å². The standard InChI is InChI=1S/C11H14F3NO/c1-2-7-15(8-9-3-4-9)10(16)5-6-11(12,13)14/h1,9H,3-8H2. The summed E-state index contributed by atoms with van der Waals surface area (Å²) < 4.78 is 35.8. The molecule has 1 rings (SSSR count). The molecule has 0 heterocycles. The number of carbonyl (C=O) groups excluding carboxylic acids is 1. The molecule has 0 aromatic carbocycles. The summed E-state index contributed by atoms with van der Waals surface area (Å²) >= 11 is 0. The van der Waals surface area contributed by atoms with Gasteiger partial charge in [-0.15, -0.1) is 6.42 Å². The number of hydrogen-bond acceptors (Lipinski definition) is 1. The van der Waals surface area contributed by atoms with Gasteiger partial charge in [0, 0.05) is 13.0 Å². The zero-order valence-electron chi connectivity index (χ0n) is 8.89. The maximum atomic E-state index is 11.9. The molecule has 90 valence electrons. The molecule has 1 fully saturated rings. The van der Waals surface area contributed by atoms with Gasteiger partial charge >= 0.3 is 6.18 Å². The quantitative estimate of drug-likeness (QED) is 0.667. The summed E-state index contributed by atoms with van der Waals surface area (Å²) in [6.45, 7) is 0.605. The molecule has 0 unspecified atom stereocenters. The van der Waals surface area contributed by atoms with Gasteiger partial charge in [-0.05, 0) is 18.8 Å². The molecule has 1 saturated carbocycles. The normalized spacial score (nSPS) is 15.6. The number of terminal acetylenes is 1. The van der Waals surface area contributed by atoms with Crippen LogP contribution in [0.4, 0.5) is 13.2 Å². The molecule has 0 N–H and O–H groups in total. The van der Waals surface area contributed by atoms with Crippen molar-refractivity contribution in [3.05, 3.63) is 0 Å². The molecule has 5 heteroatoms. The van der Waals surface area contributed by atoms with Crippen LogP contribution in [0.3, 0.4) is 0 Å². The first-order chi connectivity index (χ1) is 7.42. The van der Waals surface area contributed by atoms with Gasteiger partial charge in [0.05, 0.1) is 13.0 Å². The van der Waals surface area contributed by atoms with Crippen LogP contribution in [0.2, 0.25) is 0 Å². The van der Waals surface area contributed by atoms with E-state index in [1.165, 1.54) is 4.90 Å². The van der Waals surface area contributed by atoms with Gasteiger partial charge in [-0.1, -0.05) is 5.92 Å². The Bertz CT molecular complexity index is 289. The third-order valence-electron chi connectivity index (χ3n) is 2.43. The van der Waals surface area contributed by atoms with Crippen LogP contribution in [-0.4, -0.2) is 30.1 Å². The molecule has 0 saturated heterocycles. The molecular weight excluding hydrogens is 219 g/mol. The summed E-state index contributed by atoms with van der Waals surface area (Å²) in [4.78, 5) is 12.8. The predicted octanol–water partition coefficient (Wildman–Crippen LogP) is 2.20. The van der Waals surface area contributed by atoms with E-state index in [4.69, 9.17) is 6.42 Å². The summed E-state index contributed by atoms with van der Waals surface area (Å²) in [7, 11) is 0. The molecule has 2 nitrogen and oxygen atoms in total. The molecule has 0 bridgehead atoms. The van der Waals surface area contributed by atoms with E-state index in [9.17, 15) is 18.0 Å². The molecule has 1 aliphatic rings. The largest absolute Gasteiger partial charge is 0.389 e. The lowest BCUT2D eigenvalue weighted by atomic mass is 10.2. The number of halogens is 3. The Morgan fingerprint density at radius 1 is 1.44 bits per heavy atom. The van der Waals surface area contributed by atoms with Gasteiger partial charge in [-0.2, -0.15) is 13.2 Å². The lowest BCUT2D eigenvalue weighted by Crippen LogP contribution is -2.33. The Kier molecular flexibility index (Phi) is 4.22. The van der Waals surface area contributed by atoms with Crippen molar-refractivity contribution in [2.24, 2.45) is 5.92 Å². The average Bonchev–Trinajstić information content (AvgIpc) is 2.96. The van der Waals surface area contributed by atoms with Crippen LogP contribution >= 0.6 is 0 Å². The van der Waals surface area contributed by atoms with Gasteiger partial charge in [0.2, 0.25) is 5.91 Å². The Morgan fingerprint density at radius 3 is 2.50 bits per heavy atom. The van der Waals surface area contributed by atoms with Crippen LogP contribution in [0.25, 0.3) is 0 Å². The minimum atomic E-state index is -4.28. The van der Waals surface area contributed by atoms with E-state index in [0.717, 1.165) is 12.8 Å². The van der Waals surface area contributed by atoms with E-state index in [2.05, 4.69) is 5.92 Å². The van der Waals surface area contributed by atoms with E-state index in [0.29, 0.717) is 12.5 Å². The molecule has 0 radical (unpaired) electrons.